The van der Waals surface area contributed by atoms with Gasteiger partial charge in [-0.15, -0.1) is 17.0 Å². The maximum absolute atomic E-state index is 9.64. The van der Waals surface area contributed by atoms with E-state index in [0.717, 1.165) is 0 Å². The van der Waals surface area contributed by atoms with E-state index in [-0.39, 0.29) is 29.8 Å². The Labute approximate surface area is 62.3 Å². The van der Waals surface area contributed by atoms with Crippen LogP contribution in [0.3, 0.4) is 0 Å². The highest BCUT2D eigenvalue weighted by atomic mass is 79.9. The number of hydrogen-bond acceptors (Lipinski definition) is 2. The summed E-state index contributed by atoms with van der Waals surface area (Å²) >= 11 is 0. The molecule has 9 heavy (non-hydrogen) atoms. The molecule has 0 saturated heterocycles. The molecule has 0 aromatic rings. The van der Waals surface area contributed by atoms with Gasteiger partial charge in [-0.1, -0.05) is 0 Å². The number of carboxylic acid groups (broad SMARTS) is 2. The number of halogens is 1. The quantitative estimate of drug-likeness (QED) is 0.694. The summed E-state index contributed by atoms with van der Waals surface area (Å²) in [5.41, 5.74) is 0. The zero-order valence-electron chi connectivity index (χ0n) is 4.53. The lowest BCUT2D eigenvalue weighted by atomic mass is 10.3. The molecule has 0 spiro atoms. The second-order valence-electron chi connectivity index (χ2n) is 1.29. The molecule has 5 heteroatoms. The fraction of sp³-hybridized carbons (Fsp3) is 0.500. The van der Waals surface area contributed by atoms with Gasteiger partial charge in [0, 0.05) is 0 Å². The SMILES string of the molecule is Br.O=C(O)CCC(=O)O. The minimum absolute atomic E-state index is 0. The highest BCUT2D eigenvalue weighted by Crippen LogP contribution is 1.85. The van der Waals surface area contributed by atoms with Gasteiger partial charge in [0.1, 0.15) is 0 Å². The summed E-state index contributed by atoms with van der Waals surface area (Å²) in [7, 11) is 0. The lowest BCUT2D eigenvalue weighted by Gasteiger charge is -1.85. The fourth-order valence-corrected chi connectivity index (χ4v) is 0.214. The van der Waals surface area contributed by atoms with Crippen molar-refractivity contribution < 1.29 is 19.8 Å². The highest BCUT2D eigenvalue weighted by molar-refractivity contribution is 8.93. The van der Waals surface area contributed by atoms with Gasteiger partial charge in [-0.25, -0.2) is 0 Å². The molecule has 0 bridgehead atoms. The van der Waals surface area contributed by atoms with Crippen LogP contribution in [0.4, 0.5) is 0 Å². The molecule has 0 heterocycles. The third-order valence-electron chi connectivity index (χ3n) is 0.553. The maximum Gasteiger partial charge on any atom is 0.303 e. The third-order valence-corrected chi connectivity index (χ3v) is 0.553. The van der Waals surface area contributed by atoms with E-state index in [1.807, 2.05) is 0 Å². The van der Waals surface area contributed by atoms with Crippen molar-refractivity contribution in [2.75, 3.05) is 0 Å². The fourth-order valence-electron chi connectivity index (χ4n) is 0.214. The van der Waals surface area contributed by atoms with Gasteiger partial charge in [0.15, 0.2) is 0 Å². The average Bonchev–Trinajstić information content (AvgIpc) is 1.61. The summed E-state index contributed by atoms with van der Waals surface area (Å²) in [6, 6.07) is 0. The minimum atomic E-state index is -1.08. The Kier molecular flexibility index (Phi) is 6.94. The Morgan fingerprint density at radius 1 is 1.00 bits per heavy atom. The number of rotatable bonds is 3. The van der Waals surface area contributed by atoms with E-state index in [0.29, 0.717) is 0 Å². The van der Waals surface area contributed by atoms with Gasteiger partial charge >= 0.3 is 11.9 Å². The van der Waals surface area contributed by atoms with E-state index in [1.54, 1.807) is 0 Å². The van der Waals surface area contributed by atoms with Crippen molar-refractivity contribution in [3.8, 4) is 0 Å². The van der Waals surface area contributed by atoms with Crippen molar-refractivity contribution >= 4 is 28.9 Å². The molecule has 0 atom stereocenters. The second kappa shape index (κ2) is 5.55. The molecule has 4 nitrogen and oxygen atoms in total. The predicted octanol–water partition coefficient (Wildman–Crippen LogP) is 0.514. The Hall–Kier alpha value is -0.580. The predicted molar refractivity (Wildman–Crippen MR) is 34.8 cm³/mol. The van der Waals surface area contributed by atoms with Gasteiger partial charge in [0.2, 0.25) is 0 Å². The van der Waals surface area contributed by atoms with E-state index in [2.05, 4.69) is 0 Å². The molecule has 2 N–H and O–H groups in total. The third kappa shape index (κ3) is 11.2. The summed E-state index contributed by atoms with van der Waals surface area (Å²) in [4.78, 5) is 19.3. The molecule has 0 aliphatic carbocycles. The number of carboxylic acids is 2. The number of carbonyl (C=O) groups is 2. The molecule has 0 amide bonds. The lowest BCUT2D eigenvalue weighted by molar-refractivity contribution is -0.143. The zero-order valence-corrected chi connectivity index (χ0v) is 6.25. The zero-order chi connectivity index (χ0) is 6.57. The first-order valence-electron chi connectivity index (χ1n) is 2.06. The van der Waals surface area contributed by atoms with Crippen molar-refractivity contribution in [3.63, 3.8) is 0 Å². The Balaban J connectivity index is 0. The van der Waals surface area contributed by atoms with Crippen LogP contribution in [0.15, 0.2) is 0 Å². The van der Waals surface area contributed by atoms with Crippen LogP contribution in [0.2, 0.25) is 0 Å². The van der Waals surface area contributed by atoms with E-state index in [1.165, 1.54) is 0 Å². The Morgan fingerprint density at radius 3 is 1.33 bits per heavy atom. The summed E-state index contributed by atoms with van der Waals surface area (Å²) in [5, 5.41) is 15.8. The highest BCUT2D eigenvalue weighted by Gasteiger charge is 2.00. The van der Waals surface area contributed by atoms with Crippen LogP contribution < -0.4 is 0 Å². The van der Waals surface area contributed by atoms with E-state index in [9.17, 15) is 9.59 Å². The van der Waals surface area contributed by atoms with Crippen LogP contribution in [0.5, 0.6) is 0 Å². The van der Waals surface area contributed by atoms with Gasteiger partial charge in [-0.2, -0.15) is 0 Å². The number of aliphatic carboxylic acids is 2. The summed E-state index contributed by atoms with van der Waals surface area (Å²) in [6.07, 6.45) is -0.593. The first kappa shape index (κ1) is 11.2. The van der Waals surface area contributed by atoms with Crippen LogP contribution >= 0.6 is 17.0 Å². The molecule has 0 saturated carbocycles. The summed E-state index contributed by atoms with van der Waals surface area (Å²) < 4.78 is 0. The largest absolute Gasteiger partial charge is 0.481 e. The minimum Gasteiger partial charge on any atom is -0.481 e. The summed E-state index contributed by atoms with van der Waals surface area (Å²) in [5.74, 6) is -2.15. The first-order chi connectivity index (χ1) is 3.63. The van der Waals surface area contributed by atoms with Gasteiger partial charge in [-0.3, -0.25) is 9.59 Å². The standard InChI is InChI=1S/C4H6O4.BrH/c5-3(6)1-2-4(7)8;/h1-2H2,(H,5,6)(H,7,8);1H. The van der Waals surface area contributed by atoms with Gasteiger partial charge in [0.05, 0.1) is 12.8 Å². The second-order valence-corrected chi connectivity index (χ2v) is 1.29. The maximum atomic E-state index is 9.64. The molecular formula is C4H7BrO4. The molecule has 0 aliphatic rings. The molecule has 0 fully saturated rings. The van der Waals surface area contributed by atoms with Gasteiger partial charge in [-0.05, 0) is 0 Å². The van der Waals surface area contributed by atoms with E-state index >= 15 is 0 Å². The average molecular weight is 199 g/mol. The van der Waals surface area contributed by atoms with Crippen LogP contribution in [0.1, 0.15) is 12.8 Å². The molecule has 0 aliphatic heterocycles. The molecule has 0 rings (SSSR count). The lowest BCUT2D eigenvalue weighted by Crippen LogP contribution is -2.00. The van der Waals surface area contributed by atoms with E-state index in [4.69, 9.17) is 10.2 Å². The van der Waals surface area contributed by atoms with Crippen LogP contribution in [0, 0.1) is 0 Å². The van der Waals surface area contributed by atoms with Crippen molar-refractivity contribution in [3.05, 3.63) is 0 Å². The smallest absolute Gasteiger partial charge is 0.303 e. The van der Waals surface area contributed by atoms with Gasteiger partial charge in [0.25, 0.3) is 0 Å². The normalized spacial score (nSPS) is 7.56. The number of hydrogen-bond donors (Lipinski definition) is 2. The molecule has 54 valence electrons. The van der Waals surface area contributed by atoms with Crippen molar-refractivity contribution in [1.82, 2.24) is 0 Å². The monoisotopic (exact) mass is 198 g/mol. The van der Waals surface area contributed by atoms with Crippen LogP contribution in [-0.4, -0.2) is 22.2 Å². The molecule has 0 aromatic carbocycles. The molecule has 0 aromatic heterocycles. The molecule has 0 radical (unpaired) electrons. The van der Waals surface area contributed by atoms with Crippen LogP contribution in [0.25, 0.3) is 0 Å². The van der Waals surface area contributed by atoms with E-state index < -0.39 is 11.9 Å². The molecular weight excluding hydrogens is 192 g/mol. The summed E-state index contributed by atoms with van der Waals surface area (Å²) in [6.45, 7) is 0. The first-order valence-corrected chi connectivity index (χ1v) is 2.06. The van der Waals surface area contributed by atoms with Crippen LogP contribution in [-0.2, 0) is 9.59 Å². The Morgan fingerprint density at radius 2 is 1.22 bits per heavy atom. The van der Waals surface area contributed by atoms with Crippen molar-refractivity contribution in [2.24, 2.45) is 0 Å². The molecule has 0 unspecified atom stereocenters. The van der Waals surface area contributed by atoms with Crippen molar-refractivity contribution in [1.29, 1.82) is 0 Å². The topological polar surface area (TPSA) is 74.6 Å². The Bertz CT molecular complexity index is 97.1. The van der Waals surface area contributed by atoms with Gasteiger partial charge < -0.3 is 10.2 Å². The van der Waals surface area contributed by atoms with Crippen molar-refractivity contribution in [2.45, 2.75) is 12.8 Å².